The quantitative estimate of drug-likeness (QED) is 0.773. The molecule has 100 valence electrons. The van der Waals surface area contributed by atoms with Gasteiger partial charge in [-0.25, -0.2) is 0 Å². The number of hydrogen-bond donors (Lipinski definition) is 1. The highest BCUT2D eigenvalue weighted by Gasteiger charge is 2.14. The maximum Gasteiger partial charge on any atom is 0.325 e. The van der Waals surface area contributed by atoms with Gasteiger partial charge in [-0.2, -0.15) is 0 Å². The zero-order chi connectivity index (χ0) is 13.5. The number of hydrogen-bond acceptors (Lipinski definition) is 6. The lowest BCUT2D eigenvalue weighted by Crippen LogP contribution is -2.16. The molecule has 0 saturated heterocycles. The van der Waals surface area contributed by atoms with Gasteiger partial charge in [0.05, 0.1) is 28.4 Å². The van der Waals surface area contributed by atoms with Crippen molar-refractivity contribution < 1.29 is 23.7 Å². The Morgan fingerprint density at radius 3 is 2.00 bits per heavy atom. The normalized spacial score (nSPS) is 9.56. The Morgan fingerprint density at radius 2 is 1.61 bits per heavy atom. The van der Waals surface area contributed by atoms with Crippen LogP contribution < -0.4 is 19.5 Å². The third-order valence-electron chi connectivity index (χ3n) is 2.35. The molecule has 1 rings (SSSR count). The van der Waals surface area contributed by atoms with Gasteiger partial charge in [-0.05, 0) is 0 Å². The van der Waals surface area contributed by atoms with E-state index >= 15 is 0 Å². The van der Waals surface area contributed by atoms with Crippen molar-refractivity contribution in [3.8, 4) is 17.2 Å². The molecule has 0 atom stereocenters. The van der Waals surface area contributed by atoms with Crippen LogP contribution in [0.25, 0.3) is 0 Å². The second-order valence-electron chi connectivity index (χ2n) is 3.34. The van der Waals surface area contributed by atoms with Crippen LogP contribution in [-0.2, 0) is 9.53 Å². The molecule has 6 nitrogen and oxygen atoms in total. The van der Waals surface area contributed by atoms with E-state index in [9.17, 15) is 4.79 Å². The predicted molar refractivity (Wildman–Crippen MR) is 66.6 cm³/mol. The maximum atomic E-state index is 11.1. The lowest BCUT2D eigenvalue weighted by molar-refractivity contribution is -0.138. The monoisotopic (exact) mass is 255 g/mol. The minimum Gasteiger partial charge on any atom is -0.496 e. The molecule has 0 heterocycles. The maximum absolute atomic E-state index is 11.1. The average molecular weight is 255 g/mol. The zero-order valence-electron chi connectivity index (χ0n) is 10.9. The molecule has 0 amide bonds. The topological polar surface area (TPSA) is 66.0 Å². The molecule has 0 bridgehead atoms. The SMILES string of the molecule is COC(=O)CNc1c(OC)cc(OC)cc1OC. The number of esters is 1. The molecule has 1 aromatic carbocycles. The van der Waals surface area contributed by atoms with Crippen molar-refractivity contribution in [1.29, 1.82) is 0 Å². The van der Waals surface area contributed by atoms with Crippen LogP contribution >= 0.6 is 0 Å². The first-order valence-electron chi connectivity index (χ1n) is 5.27. The number of carbonyl (C=O) groups excluding carboxylic acids is 1. The highest BCUT2D eigenvalue weighted by Crippen LogP contribution is 2.38. The summed E-state index contributed by atoms with van der Waals surface area (Å²) in [5, 5.41) is 2.91. The van der Waals surface area contributed by atoms with E-state index in [0.717, 1.165) is 0 Å². The van der Waals surface area contributed by atoms with E-state index in [1.807, 2.05) is 0 Å². The summed E-state index contributed by atoms with van der Waals surface area (Å²) in [6, 6.07) is 3.39. The number of rotatable bonds is 6. The predicted octanol–water partition coefficient (Wildman–Crippen LogP) is 1.30. The first-order valence-corrected chi connectivity index (χ1v) is 5.27. The number of nitrogens with one attached hydrogen (secondary N) is 1. The van der Waals surface area contributed by atoms with Crippen LogP contribution in [0.1, 0.15) is 0 Å². The minimum absolute atomic E-state index is 0.0234. The van der Waals surface area contributed by atoms with Crippen LogP contribution in [0.2, 0.25) is 0 Å². The van der Waals surface area contributed by atoms with E-state index in [0.29, 0.717) is 22.9 Å². The van der Waals surface area contributed by atoms with Gasteiger partial charge < -0.3 is 24.3 Å². The molecule has 1 aromatic rings. The molecule has 0 aliphatic carbocycles. The second kappa shape index (κ2) is 6.58. The van der Waals surface area contributed by atoms with Crippen LogP contribution in [0.15, 0.2) is 12.1 Å². The molecule has 18 heavy (non-hydrogen) atoms. The second-order valence-corrected chi connectivity index (χ2v) is 3.34. The molecule has 0 saturated carbocycles. The Bertz CT molecular complexity index is 394. The Balaban J connectivity index is 3.03. The third-order valence-corrected chi connectivity index (χ3v) is 2.35. The molecule has 0 aromatic heterocycles. The number of carbonyl (C=O) groups is 1. The summed E-state index contributed by atoms with van der Waals surface area (Å²) in [5.74, 6) is 1.27. The number of benzene rings is 1. The van der Waals surface area contributed by atoms with E-state index in [4.69, 9.17) is 14.2 Å². The summed E-state index contributed by atoms with van der Waals surface area (Å²) in [6.07, 6.45) is 0. The van der Waals surface area contributed by atoms with Crippen molar-refractivity contribution in [1.82, 2.24) is 0 Å². The van der Waals surface area contributed by atoms with Crippen LogP contribution in [0.4, 0.5) is 5.69 Å². The van der Waals surface area contributed by atoms with Gasteiger partial charge in [0.1, 0.15) is 29.5 Å². The van der Waals surface area contributed by atoms with E-state index in [-0.39, 0.29) is 12.5 Å². The lowest BCUT2D eigenvalue weighted by Gasteiger charge is -2.15. The molecule has 0 aliphatic heterocycles. The number of ether oxygens (including phenoxy) is 4. The molecular weight excluding hydrogens is 238 g/mol. The molecular formula is C12H17NO5. The van der Waals surface area contributed by atoms with Crippen LogP contribution in [-0.4, -0.2) is 41.0 Å². The van der Waals surface area contributed by atoms with Crippen molar-refractivity contribution >= 4 is 11.7 Å². The Labute approximate surface area is 106 Å². The molecule has 0 fully saturated rings. The molecule has 0 spiro atoms. The molecule has 6 heteroatoms. The lowest BCUT2D eigenvalue weighted by atomic mass is 10.2. The molecule has 0 aliphatic rings. The zero-order valence-corrected chi connectivity index (χ0v) is 10.9. The van der Waals surface area contributed by atoms with Crippen LogP contribution in [0.3, 0.4) is 0 Å². The summed E-state index contributed by atoms with van der Waals surface area (Å²) in [5.41, 5.74) is 0.575. The van der Waals surface area contributed by atoms with Crippen molar-refractivity contribution in [2.75, 3.05) is 40.3 Å². The first kappa shape index (κ1) is 14.0. The van der Waals surface area contributed by atoms with Crippen molar-refractivity contribution in [3.63, 3.8) is 0 Å². The standard InChI is InChI=1S/C12H17NO5/c1-15-8-5-9(16-2)12(10(6-8)17-3)13-7-11(14)18-4/h5-6,13H,7H2,1-4H3. The number of methoxy groups -OCH3 is 4. The minimum atomic E-state index is -0.380. The van der Waals surface area contributed by atoms with Gasteiger partial charge in [0.25, 0.3) is 0 Å². The summed E-state index contributed by atoms with van der Waals surface area (Å²) >= 11 is 0. The van der Waals surface area contributed by atoms with Gasteiger partial charge in [-0.15, -0.1) is 0 Å². The van der Waals surface area contributed by atoms with E-state index < -0.39 is 0 Å². The molecule has 1 N–H and O–H groups in total. The third kappa shape index (κ3) is 3.19. The van der Waals surface area contributed by atoms with E-state index in [1.54, 1.807) is 19.2 Å². The van der Waals surface area contributed by atoms with Crippen molar-refractivity contribution in [2.24, 2.45) is 0 Å². The Kier molecular flexibility index (Phi) is 5.10. The fourth-order valence-corrected chi connectivity index (χ4v) is 1.41. The van der Waals surface area contributed by atoms with E-state index in [2.05, 4.69) is 10.1 Å². The summed E-state index contributed by atoms with van der Waals surface area (Å²) in [7, 11) is 5.93. The van der Waals surface area contributed by atoms with Gasteiger partial charge in [-0.1, -0.05) is 0 Å². The first-order chi connectivity index (χ1) is 8.65. The van der Waals surface area contributed by atoms with Gasteiger partial charge in [-0.3, -0.25) is 4.79 Å². The van der Waals surface area contributed by atoms with Crippen LogP contribution in [0.5, 0.6) is 17.2 Å². The molecule has 0 unspecified atom stereocenters. The fourth-order valence-electron chi connectivity index (χ4n) is 1.41. The van der Waals surface area contributed by atoms with E-state index in [1.165, 1.54) is 21.3 Å². The summed E-state index contributed by atoms with van der Waals surface area (Å²) < 4.78 is 20.1. The highest BCUT2D eigenvalue weighted by atomic mass is 16.5. The largest absolute Gasteiger partial charge is 0.496 e. The number of anilines is 1. The summed E-state index contributed by atoms with van der Waals surface area (Å²) in [6.45, 7) is 0.0234. The Hall–Kier alpha value is -2.11. The van der Waals surface area contributed by atoms with Gasteiger partial charge in [0.2, 0.25) is 0 Å². The summed E-state index contributed by atoms with van der Waals surface area (Å²) in [4.78, 5) is 11.1. The molecule has 0 radical (unpaired) electrons. The van der Waals surface area contributed by atoms with Crippen LogP contribution in [0, 0.1) is 0 Å². The fraction of sp³-hybridized carbons (Fsp3) is 0.417. The Morgan fingerprint density at radius 1 is 1.06 bits per heavy atom. The van der Waals surface area contributed by atoms with Gasteiger partial charge in [0.15, 0.2) is 0 Å². The van der Waals surface area contributed by atoms with Crippen molar-refractivity contribution in [3.05, 3.63) is 12.1 Å². The van der Waals surface area contributed by atoms with Gasteiger partial charge in [0, 0.05) is 12.1 Å². The average Bonchev–Trinajstić information content (AvgIpc) is 2.43. The smallest absolute Gasteiger partial charge is 0.325 e. The van der Waals surface area contributed by atoms with Crippen molar-refractivity contribution in [2.45, 2.75) is 0 Å². The highest BCUT2D eigenvalue weighted by molar-refractivity contribution is 5.78. The van der Waals surface area contributed by atoms with Gasteiger partial charge >= 0.3 is 5.97 Å².